The number of hydrogen-bond donors (Lipinski definition) is 0. The number of hydrogen-bond acceptors (Lipinski definition) is 1. The lowest BCUT2D eigenvalue weighted by Crippen LogP contribution is -2.32. The van der Waals surface area contributed by atoms with Crippen LogP contribution in [0.2, 0.25) is 0 Å². The minimum Gasteiger partial charge on any atom is -0.381 e. The molecule has 0 N–H and O–H groups in total. The van der Waals surface area contributed by atoms with E-state index in [-0.39, 0.29) is 0 Å². The average molecular weight is 315 g/mol. The van der Waals surface area contributed by atoms with Crippen molar-refractivity contribution in [3.63, 3.8) is 0 Å². The molecule has 18 heavy (non-hydrogen) atoms. The molecule has 0 saturated carbocycles. The van der Waals surface area contributed by atoms with Gasteiger partial charge in [-0.05, 0) is 43.4 Å². The maximum absolute atomic E-state index is 14.4. The summed E-state index contributed by atoms with van der Waals surface area (Å²) < 4.78 is 20.8. The first-order chi connectivity index (χ1) is 8.50. The lowest BCUT2D eigenvalue weighted by Gasteiger charge is -2.29. The van der Waals surface area contributed by atoms with Crippen LogP contribution < -0.4 is 0 Å². The molecule has 0 atom stereocenters. The second-order valence-corrected chi connectivity index (χ2v) is 6.10. The van der Waals surface area contributed by atoms with Crippen molar-refractivity contribution in [1.29, 1.82) is 0 Å². The summed E-state index contributed by atoms with van der Waals surface area (Å²) in [6.45, 7) is 5.30. The Hall–Kier alpha value is -0.410. The fourth-order valence-corrected chi connectivity index (χ4v) is 2.76. The molecule has 100 valence electrons. The van der Waals surface area contributed by atoms with E-state index in [9.17, 15) is 4.39 Å². The Morgan fingerprint density at radius 2 is 1.78 bits per heavy atom. The van der Waals surface area contributed by atoms with E-state index < -0.39 is 5.67 Å². The molecule has 2 rings (SSSR count). The van der Waals surface area contributed by atoms with Crippen LogP contribution in [-0.4, -0.2) is 18.9 Å². The quantitative estimate of drug-likeness (QED) is 0.797. The van der Waals surface area contributed by atoms with Gasteiger partial charge in [-0.2, -0.15) is 0 Å². The van der Waals surface area contributed by atoms with Gasteiger partial charge in [-0.3, -0.25) is 0 Å². The third-order valence-corrected chi connectivity index (χ3v) is 5.00. The lowest BCUT2D eigenvalue weighted by atomic mass is 9.89. The molecule has 0 aromatic heterocycles. The minimum absolute atomic E-state index is 0.543. The molecule has 0 spiro atoms. The van der Waals surface area contributed by atoms with E-state index in [2.05, 4.69) is 41.9 Å². The molecule has 0 unspecified atom stereocenters. The molecular weight excluding hydrogens is 295 g/mol. The molecule has 0 bridgehead atoms. The predicted octanol–water partition coefficient (Wildman–Crippen LogP) is 4.52. The number of halogens is 2. The summed E-state index contributed by atoms with van der Waals surface area (Å²) in [5, 5.41) is 0. The lowest BCUT2D eigenvalue weighted by molar-refractivity contribution is -0.0128. The van der Waals surface area contributed by atoms with Crippen LogP contribution in [0.5, 0.6) is 0 Å². The molecule has 1 aliphatic rings. The molecule has 1 aliphatic heterocycles. The summed E-state index contributed by atoms with van der Waals surface area (Å²) in [5.74, 6) is 0. The van der Waals surface area contributed by atoms with Crippen LogP contribution >= 0.6 is 15.9 Å². The van der Waals surface area contributed by atoms with Crippen molar-refractivity contribution in [2.24, 2.45) is 0 Å². The van der Waals surface area contributed by atoms with Gasteiger partial charge in [0.05, 0.1) is 0 Å². The van der Waals surface area contributed by atoms with Crippen molar-refractivity contribution in [3.05, 3.63) is 33.3 Å². The molecule has 1 saturated heterocycles. The maximum atomic E-state index is 14.4. The molecular formula is C15H20BrFO. The van der Waals surface area contributed by atoms with Gasteiger partial charge in [-0.25, -0.2) is 4.39 Å². The zero-order chi connectivity index (χ0) is 13.2. The van der Waals surface area contributed by atoms with Crippen molar-refractivity contribution >= 4 is 15.9 Å². The van der Waals surface area contributed by atoms with Crippen LogP contribution in [0.15, 0.2) is 16.6 Å². The zero-order valence-electron chi connectivity index (χ0n) is 11.1. The van der Waals surface area contributed by atoms with Crippen LogP contribution in [-0.2, 0) is 11.2 Å². The molecule has 1 aromatic rings. The molecule has 0 aliphatic carbocycles. The molecule has 1 aromatic carbocycles. The first-order valence-corrected chi connectivity index (χ1v) is 7.32. The van der Waals surface area contributed by atoms with Crippen molar-refractivity contribution in [2.45, 2.75) is 45.2 Å². The smallest absolute Gasteiger partial charge is 0.115 e. The summed E-state index contributed by atoms with van der Waals surface area (Å²) in [5.41, 5.74) is 2.67. The summed E-state index contributed by atoms with van der Waals surface area (Å²) in [6, 6.07) is 4.31. The van der Waals surface area contributed by atoms with Gasteiger partial charge in [0, 0.05) is 30.5 Å². The van der Waals surface area contributed by atoms with E-state index in [1.807, 2.05) is 0 Å². The Morgan fingerprint density at radius 1 is 1.22 bits per heavy atom. The van der Waals surface area contributed by atoms with Gasteiger partial charge >= 0.3 is 0 Å². The summed E-state index contributed by atoms with van der Waals surface area (Å²) in [6.07, 6.45) is 2.51. The van der Waals surface area contributed by atoms with Gasteiger partial charge in [0.15, 0.2) is 0 Å². The standard InChI is InChI=1S/C15H20BrFO/c1-11-9-13(10-12(2)14(11)16)3-4-15(17)5-7-18-8-6-15/h9-10H,3-8H2,1-2H3. The Balaban J connectivity index is 2.01. The summed E-state index contributed by atoms with van der Waals surface area (Å²) in [7, 11) is 0. The predicted molar refractivity (Wildman–Crippen MR) is 75.8 cm³/mol. The fraction of sp³-hybridized carbons (Fsp3) is 0.600. The highest BCUT2D eigenvalue weighted by molar-refractivity contribution is 9.10. The molecule has 1 heterocycles. The van der Waals surface area contributed by atoms with E-state index in [1.165, 1.54) is 16.7 Å². The van der Waals surface area contributed by atoms with E-state index in [0.717, 1.165) is 10.9 Å². The second-order valence-electron chi connectivity index (χ2n) is 5.31. The molecule has 0 radical (unpaired) electrons. The topological polar surface area (TPSA) is 9.23 Å². The van der Waals surface area contributed by atoms with Crippen LogP contribution in [0.1, 0.15) is 36.0 Å². The largest absolute Gasteiger partial charge is 0.381 e. The Bertz CT molecular complexity index is 401. The second kappa shape index (κ2) is 5.70. The first-order valence-electron chi connectivity index (χ1n) is 6.52. The zero-order valence-corrected chi connectivity index (χ0v) is 12.6. The van der Waals surface area contributed by atoms with Crippen molar-refractivity contribution in [1.82, 2.24) is 0 Å². The van der Waals surface area contributed by atoms with Crippen molar-refractivity contribution in [2.75, 3.05) is 13.2 Å². The SMILES string of the molecule is Cc1cc(CCC2(F)CCOCC2)cc(C)c1Br. The van der Waals surface area contributed by atoms with E-state index in [0.29, 0.717) is 32.5 Å². The monoisotopic (exact) mass is 314 g/mol. The Kier molecular flexibility index (Phi) is 4.44. The van der Waals surface area contributed by atoms with Crippen molar-refractivity contribution < 1.29 is 9.13 Å². The van der Waals surface area contributed by atoms with E-state index in [1.54, 1.807) is 0 Å². The highest BCUT2D eigenvalue weighted by Crippen LogP contribution is 2.31. The Morgan fingerprint density at radius 3 is 2.33 bits per heavy atom. The van der Waals surface area contributed by atoms with Gasteiger partial charge in [0.1, 0.15) is 5.67 Å². The minimum atomic E-state index is -1.02. The molecule has 1 nitrogen and oxygen atoms in total. The van der Waals surface area contributed by atoms with Gasteiger partial charge < -0.3 is 4.74 Å². The summed E-state index contributed by atoms with van der Waals surface area (Å²) in [4.78, 5) is 0. The van der Waals surface area contributed by atoms with Gasteiger partial charge in [-0.1, -0.05) is 28.1 Å². The number of benzene rings is 1. The van der Waals surface area contributed by atoms with Crippen LogP contribution in [0, 0.1) is 13.8 Å². The number of rotatable bonds is 3. The van der Waals surface area contributed by atoms with Gasteiger partial charge in [-0.15, -0.1) is 0 Å². The third kappa shape index (κ3) is 3.33. The van der Waals surface area contributed by atoms with Crippen LogP contribution in [0.4, 0.5) is 4.39 Å². The van der Waals surface area contributed by atoms with Gasteiger partial charge in [0.25, 0.3) is 0 Å². The van der Waals surface area contributed by atoms with Crippen LogP contribution in [0.25, 0.3) is 0 Å². The van der Waals surface area contributed by atoms with Crippen LogP contribution in [0.3, 0.4) is 0 Å². The number of alkyl halides is 1. The Labute approximate surface area is 117 Å². The normalized spacial score (nSPS) is 18.9. The van der Waals surface area contributed by atoms with E-state index >= 15 is 0 Å². The number of ether oxygens (including phenoxy) is 1. The fourth-order valence-electron chi connectivity index (χ4n) is 2.54. The van der Waals surface area contributed by atoms with E-state index in [4.69, 9.17) is 4.74 Å². The number of aryl methyl sites for hydroxylation is 3. The molecule has 3 heteroatoms. The highest BCUT2D eigenvalue weighted by atomic mass is 79.9. The van der Waals surface area contributed by atoms with Crippen molar-refractivity contribution in [3.8, 4) is 0 Å². The average Bonchev–Trinajstić information content (AvgIpc) is 2.34. The third-order valence-electron chi connectivity index (χ3n) is 3.75. The molecule has 0 amide bonds. The molecule has 1 fully saturated rings. The summed E-state index contributed by atoms with van der Waals surface area (Å²) >= 11 is 3.56. The highest BCUT2D eigenvalue weighted by Gasteiger charge is 2.31. The first kappa shape index (κ1) is 14.0. The maximum Gasteiger partial charge on any atom is 0.115 e. The van der Waals surface area contributed by atoms with Gasteiger partial charge in [0.2, 0.25) is 0 Å².